The SMILES string of the molecule is COCCn1c(SCC(=O)N2CCNC2=O)nnc1-c1cccc(C)c1. The first-order chi connectivity index (χ1) is 12.6. The highest BCUT2D eigenvalue weighted by Crippen LogP contribution is 2.25. The minimum Gasteiger partial charge on any atom is -0.383 e. The Bertz CT molecular complexity index is 807. The molecule has 3 amide bonds. The number of rotatable bonds is 7. The normalized spacial score (nSPS) is 13.9. The average Bonchev–Trinajstić information content (AvgIpc) is 3.24. The first kappa shape index (κ1) is 18.4. The number of carbonyl (C=O) groups is 2. The van der Waals surface area contributed by atoms with Crippen LogP contribution in [0.25, 0.3) is 11.4 Å². The van der Waals surface area contributed by atoms with Crippen LogP contribution in [0, 0.1) is 6.92 Å². The van der Waals surface area contributed by atoms with Crippen LogP contribution in [0.3, 0.4) is 0 Å². The lowest BCUT2D eigenvalue weighted by Crippen LogP contribution is -2.35. The van der Waals surface area contributed by atoms with Gasteiger partial charge in [0.05, 0.1) is 18.9 Å². The zero-order chi connectivity index (χ0) is 18.5. The van der Waals surface area contributed by atoms with E-state index in [4.69, 9.17) is 4.74 Å². The van der Waals surface area contributed by atoms with Gasteiger partial charge in [-0.25, -0.2) is 4.79 Å². The molecular formula is C17H21N5O3S. The third-order valence-electron chi connectivity index (χ3n) is 3.99. The Balaban J connectivity index is 1.78. The predicted octanol–water partition coefficient (Wildman–Crippen LogP) is 1.54. The molecular weight excluding hydrogens is 354 g/mol. The maximum Gasteiger partial charge on any atom is 0.324 e. The van der Waals surface area contributed by atoms with E-state index < -0.39 is 0 Å². The zero-order valence-electron chi connectivity index (χ0n) is 14.8. The third-order valence-corrected chi connectivity index (χ3v) is 4.95. The Hall–Kier alpha value is -2.39. The summed E-state index contributed by atoms with van der Waals surface area (Å²) in [5.41, 5.74) is 2.10. The number of ether oxygens (including phenoxy) is 1. The van der Waals surface area contributed by atoms with Gasteiger partial charge in [0.2, 0.25) is 5.91 Å². The average molecular weight is 375 g/mol. The maximum absolute atomic E-state index is 12.2. The van der Waals surface area contributed by atoms with Crippen molar-refractivity contribution in [2.45, 2.75) is 18.6 Å². The van der Waals surface area contributed by atoms with Crippen LogP contribution in [0.1, 0.15) is 5.56 Å². The summed E-state index contributed by atoms with van der Waals surface area (Å²) in [6.07, 6.45) is 0. The number of amides is 3. The topological polar surface area (TPSA) is 89.4 Å². The van der Waals surface area contributed by atoms with Gasteiger partial charge in [0.25, 0.3) is 0 Å². The van der Waals surface area contributed by atoms with Gasteiger partial charge >= 0.3 is 6.03 Å². The van der Waals surface area contributed by atoms with Gasteiger partial charge in [0, 0.05) is 25.8 Å². The van der Waals surface area contributed by atoms with Gasteiger partial charge in [-0.2, -0.15) is 0 Å². The van der Waals surface area contributed by atoms with E-state index in [1.165, 1.54) is 16.7 Å². The molecule has 0 spiro atoms. The van der Waals surface area contributed by atoms with Crippen molar-refractivity contribution in [3.05, 3.63) is 29.8 Å². The standard InChI is InChI=1S/C17H21N5O3S/c1-12-4-3-5-13(10-12)15-19-20-17(22(15)8-9-25-2)26-11-14(23)21-7-6-18-16(21)24/h3-5,10H,6-9,11H2,1-2H3,(H,18,24). The fourth-order valence-electron chi connectivity index (χ4n) is 2.69. The number of methoxy groups -OCH3 is 1. The van der Waals surface area contributed by atoms with Crippen LogP contribution >= 0.6 is 11.8 Å². The molecule has 0 aliphatic carbocycles. The van der Waals surface area contributed by atoms with Crippen molar-refractivity contribution < 1.29 is 14.3 Å². The molecule has 0 unspecified atom stereocenters. The number of aromatic nitrogens is 3. The molecule has 0 bridgehead atoms. The number of nitrogens with zero attached hydrogens (tertiary/aromatic N) is 4. The number of aryl methyl sites for hydroxylation is 1. The quantitative estimate of drug-likeness (QED) is 0.739. The van der Waals surface area contributed by atoms with Crippen molar-refractivity contribution in [1.82, 2.24) is 25.0 Å². The molecule has 138 valence electrons. The van der Waals surface area contributed by atoms with Gasteiger partial charge < -0.3 is 10.1 Å². The summed E-state index contributed by atoms with van der Waals surface area (Å²) in [7, 11) is 1.64. The second-order valence-electron chi connectivity index (χ2n) is 5.89. The van der Waals surface area contributed by atoms with E-state index in [0.29, 0.717) is 31.4 Å². The van der Waals surface area contributed by atoms with Crippen molar-refractivity contribution in [3.63, 3.8) is 0 Å². The molecule has 2 aromatic rings. The lowest BCUT2D eigenvalue weighted by atomic mass is 10.1. The monoisotopic (exact) mass is 375 g/mol. The molecule has 1 aromatic heterocycles. The van der Waals surface area contributed by atoms with Crippen LogP contribution in [0.5, 0.6) is 0 Å². The lowest BCUT2D eigenvalue weighted by Gasteiger charge is -2.12. The molecule has 2 heterocycles. The maximum atomic E-state index is 12.2. The van der Waals surface area contributed by atoms with Crippen LogP contribution in [0.4, 0.5) is 4.79 Å². The predicted molar refractivity (Wildman–Crippen MR) is 97.9 cm³/mol. The van der Waals surface area contributed by atoms with Crippen LogP contribution in [-0.4, -0.2) is 64.2 Å². The Kier molecular flexibility index (Phi) is 5.89. The van der Waals surface area contributed by atoms with E-state index in [1.54, 1.807) is 7.11 Å². The summed E-state index contributed by atoms with van der Waals surface area (Å²) in [5, 5.41) is 11.8. The minimum absolute atomic E-state index is 0.131. The number of nitrogens with one attached hydrogen (secondary N) is 1. The second-order valence-corrected chi connectivity index (χ2v) is 6.83. The molecule has 1 aliphatic heterocycles. The van der Waals surface area contributed by atoms with Crippen molar-refractivity contribution in [2.24, 2.45) is 0 Å². The molecule has 3 rings (SSSR count). The molecule has 0 saturated carbocycles. The summed E-state index contributed by atoms with van der Waals surface area (Å²) in [6, 6.07) is 7.68. The first-order valence-corrected chi connectivity index (χ1v) is 9.29. The van der Waals surface area contributed by atoms with Gasteiger partial charge in [-0.15, -0.1) is 10.2 Å². The van der Waals surface area contributed by atoms with E-state index >= 15 is 0 Å². The number of hydrogen-bond acceptors (Lipinski definition) is 6. The first-order valence-electron chi connectivity index (χ1n) is 8.30. The highest BCUT2D eigenvalue weighted by atomic mass is 32.2. The van der Waals surface area contributed by atoms with Crippen molar-refractivity contribution >= 4 is 23.7 Å². The lowest BCUT2D eigenvalue weighted by molar-refractivity contribution is -0.124. The minimum atomic E-state index is -0.336. The molecule has 0 radical (unpaired) electrons. The Morgan fingerprint density at radius 1 is 1.38 bits per heavy atom. The Morgan fingerprint density at radius 3 is 2.92 bits per heavy atom. The van der Waals surface area contributed by atoms with E-state index in [-0.39, 0.29) is 17.7 Å². The van der Waals surface area contributed by atoms with Crippen molar-refractivity contribution in [2.75, 3.05) is 32.6 Å². The number of hydrogen-bond donors (Lipinski definition) is 1. The van der Waals surface area contributed by atoms with Gasteiger partial charge in [-0.05, 0) is 13.0 Å². The number of carbonyl (C=O) groups excluding carboxylic acids is 2. The molecule has 1 aliphatic rings. The van der Waals surface area contributed by atoms with Crippen LogP contribution < -0.4 is 5.32 Å². The summed E-state index contributed by atoms with van der Waals surface area (Å²) in [6.45, 7) is 4.01. The van der Waals surface area contributed by atoms with E-state index in [9.17, 15) is 9.59 Å². The second kappa shape index (κ2) is 8.33. The summed E-state index contributed by atoms with van der Waals surface area (Å²) in [4.78, 5) is 25.1. The largest absolute Gasteiger partial charge is 0.383 e. The van der Waals surface area contributed by atoms with Crippen molar-refractivity contribution in [3.8, 4) is 11.4 Å². The number of urea groups is 1. The Labute approximate surface area is 155 Å². The summed E-state index contributed by atoms with van der Waals surface area (Å²) < 4.78 is 7.14. The molecule has 1 fully saturated rings. The molecule has 1 N–H and O–H groups in total. The van der Waals surface area contributed by atoms with E-state index in [0.717, 1.165) is 17.0 Å². The van der Waals surface area contributed by atoms with Crippen LogP contribution in [0.15, 0.2) is 29.4 Å². The van der Waals surface area contributed by atoms with Crippen LogP contribution in [0.2, 0.25) is 0 Å². The van der Waals surface area contributed by atoms with Crippen LogP contribution in [-0.2, 0) is 16.1 Å². The fraction of sp³-hybridized carbons (Fsp3) is 0.412. The number of imide groups is 1. The van der Waals surface area contributed by atoms with E-state index in [1.807, 2.05) is 35.8 Å². The fourth-order valence-corrected chi connectivity index (χ4v) is 3.53. The summed E-state index contributed by atoms with van der Waals surface area (Å²) >= 11 is 1.28. The zero-order valence-corrected chi connectivity index (χ0v) is 15.6. The Morgan fingerprint density at radius 2 is 2.23 bits per heavy atom. The summed E-state index contributed by atoms with van der Waals surface area (Å²) in [5.74, 6) is 0.634. The molecule has 9 heteroatoms. The third kappa shape index (κ3) is 4.05. The van der Waals surface area contributed by atoms with Gasteiger partial charge in [-0.3, -0.25) is 14.3 Å². The molecule has 26 heavy (non-hydrogen) atoms. The van der Waals surface area contributed by atoms with Gasteiger partial charge in [-0.1, -0.05) is 35.5 Å². The molecule has 8 nitrogen and oxygen atoms in total. The molecule has 0 atom stereocenters. The number of benzene rings is 1. The molecule has 1 saturated heterocycles. The smallest absolute Gasteiger partial charge is 0.324 e. The van der Waals surface area contributed by atoms with Gasteiger partial charge in [0.15, 0.2) is 11.0 Å². The van der Waals surface area contributed by atoms with Crippen molar-refractivity contribution in [1.29, 1.82) is 0 Å². The highest BCUT2D eigenvalue weighted by Gasteiger charge is 2.26. The van der Waals surface area contributed by atoms with Gasteiger partial charge in [0.1, 0.15) is 0 Å². The number of thioether (sulfide) groups is 1. The van der Waals surface area contributed by atoms with E-state index in [2.05, 4.69) is 15.5 Å². The molecule has 1 aromatic carbocycles. The highest BCUT2D eigenvalue weighted by molar-refractivity contribution is 7.99.